The molecule has 21 heavy (non-hydrogen) atoms. The first kappa shape index (κ1) is 14.2. The van der Waals surface area contributed by atoms with Crippen LogP contribution >= 0.6 is 24.0 Å². The molecule has 0 spiro atoms. The van der Waals surface area contributed by atoms with E-state index in [1.54, 1.807) is 19.2 Å². The van der Waals surface area contributed by atoms with Crippen molar-refractivity contribution in [2.24, 2.45) is 0 Å². The van der Waals surface area contributed by atoms with Gasteiger partial charge in [-0.05, 0) is 30.7 Å². The van der Waals surface area contributed by atoms with Gasteiger partial charge in [0, 0.05) is 20.2 Å². The van der Waals surface area contributed by atoms with Crippen molar-refractivity contribution in [3.05, 3.63) is 46.7 Å². The third kappa shape index (κ3) is 2.45. The van der Waals surface area contributed by atoms with Crippen molar-refractivity contribution >= 4 is 39.9 Å². The number of thiocarbonyl (C=S) groups is 1. The fourth-order valence-electron chi connectivity index (χ4n) is 2.13. The molecule has 0 atom stereocenters. The number of anilines is 1. The Bertz CT molecular complexity index is 710. The molecule has 2 aliphatic heterocycles. The predicted octanol–water partition coefficient (Wildman–Crippen LogP) is 3.04. The minimum Gasteiger partial charge on any atom is -0.439 e. The number of carbonyl (C=O) groups excluding carboxylic acids is 1. The largest absolute Gasteiger partial charge is 0.439 e. The normalized spacial score (nSPS) is 21.5. The molecule has 0 bridgehead atoms. The molecule has 1 aromatic carbocycles. The number of fused-ring (bicyclic) bond motifs is 1. The monoisotopic (exact) mass is 318 g/mol. The van der Waals surface area contributed by atoms with Gasteiger partial charge in [-0.25, -0.2) is 0 Å². The molecular formula is C15H14N2O2S2. The van der Waals surface area contributed by atoms with Crippen LogP contribution in [0.3, 0.4) is 0 Å². The molecule has 0 aliphatic carbocycles. The Labute approximate surface area is 133 Å². The van der Waals surface area contributed by atoms with Crippen LogP contribution in [-0.4, -0.2) is 29.2 Å². The third-order valence-corrected chi connectivity index (χ3v) is 4.89. The molecule has 0 aromatic heterocycles. The summed E-state index contributed by atoms with van der Waals surface area (Å²) in [6, 6.07) is 6.03. The second-order valence-corrected chi connectivity index (χ2v) is 6.58. The maximum atomic E-state index is 11.9. The average molecular weight is 318 g/mol. The Morgan fingerprint density at radius 1 is 1.24 bits per heavy atom. The van der Waals surface area contributed by atoms with Gasteiger partial charge < -0.3 is 9.64 Å². The zero-order chi connectivity index (χ0) is 15.1. The Morgan fingerprint density at radius 2 is 2.00 bits per heavy atom. The van der Waals surface area contributed by atoms with Gasteiger partial charge in [-0.15, -0.1) is 0 Å². The lowest BCUT2D eigenvalue weighted by Crippen LogP contribution is -2.22. The van der Waals surface area contributed by atoms with Gasteiger partial charge in [-0.1, -0.05) is 30.0 Å². The van der Waals surface area contributed by atoms with Crippen LogP contribution in [0.2, 0.25) is 0 Å². The van der Waals surface area contributed by atoms with Crippen molar-refractivity contribution in [1.29, 1.82) is 0 Å². The molecule has 2 heterocycles. The van der Waals surface area contributed by atoms with Crippen LogP contribution in [0.1, 0.15) is 5.56 Å². The number of hydrogen-bond donors (Lipinski definition) is 0. The number of thioether (sulfide) groups is 1. The van der Waals surface area contributed by atoms with Crippen LogP contribution in [0.5, 0.6) is 5.75 Å². The number of rotatable bonds is 1. The Hall–Kier alpha value is -1.79. The number of aryl methyl sites for hydroxylation is 1. The predicted molar refractivity (Wildman–Crippen MR) is 89.3 cm³/mol. The van der Waals surface area contributed by atoms with E-state index in [-0.39, 0.29) is 5.91 Å². The zero-order valence-corrected chi connectivity index (χ0v) is 13.5. The van der Waals surface area contributed by atoms with Crippen molar-refractivity contribution < 1.29 is 9.53 Å². The number of likely N-dealkylation sites (N-methyl/N-ethyl adjacent to an activating group) is 1. The summed E-state index contributed by atoms with van der Waals surface area (Å²) < 4.78 is 6.37. The fraction of sp³-hybridized carbons (Fsp3) is 0.200. The van der Waals surface area contributed by atoms with Gasteiger partial charge in [-0.2, -0.15) is 0 Å². The summed E-state index contributed by atoms with van der Waals surface area (Å²) in [5, 5.41) is 0. The van der Waals surface area contributed by atoms with Crippen LogP contribution in [-0.2, 0) is 4.79 Å². The highest BCUT2D eigenvalue weighted by Crippen LogP contribution is 2.38. The lowest BCUT2D eigenvalue weighted by molar-refractivity contribution is -0.121. The molecule has 2 aliphatic rings. The van der Waals surface area contributed by atoms with E-state index in [1.165, 1.54) is 22.2 Å². The van der Waals surface area contributed by atoms with Gasteiger partial charge in [0.15, 0.2) is 11.6 Å². The van der Waals surface area contributed by atoms with Crippen molar-refractivity contribution in [3.8, 4) is 5.75 Å². The third-order valence-electron chi connectivity index (χ3n) is 3.38. The topological polar surface area (TPSA) is 32.8 Å². The van der Waals surface area contributed by atoms with E-state index in [1.807, 2.05) is 31.0 Å². The van der Waals surface area contributed by atoms with E-state index in [0.717, 1.165) is 11.4 Å². The zero-order valence-electron chi connectivity index (χ0n) is 11.9. The Kier molecular flexibility index (Phi) is 3.51. The quantitative estimate of drug-likeness (QED) is 0.587. The van der Waals surface area contributed by atoms with Crippen molar-refractivity contribution in [3.63, 3.8) is 0 Å². The number of amides is 1. The van der Waals surface area contributed by atoms with E-state index in [0.29, 0.717) is 15.1 Å². The van der Waals surface area contributed by atoms with E-state index < -0.39 is 0 Å². The highest BCUT2D eigenvalue weighted by molar-refractivity contribution is 8.26. The van der Waals surface area contributed by atoms with Crippen molar-refractivity contribution in [1.82, 2.24) is 4.90 Å². The fourth-order valence-corrected chi connectivity index (χ4v) is 3.25. The molecule has 1 saturated heterocycles. The standard InChI is InChI=1S/C15H14N2O2S2/c1-9-4-5-11-10(8-9)16(2)13(19-11)7-6-12-14(18)17(3)15(20)21-12/h4-8H,1-3H3. The molecule has 4 nitrogen and oxygen atoms in total. The second-order valence-electron chi connectivity index (χ2n) is 4.90. The molecule has 1 fully saturated rings. The Balaban J connectivity index is 1.87. The highest BCUT2D eigenvalue weighted by Gasteiger charge is 2.29. The summed E-state index contributed by atoms with van der Waals surface area (Å²) >= 11 is 6.41. The maximum absolute atomic E-state index is 11.9. The van der Waals surface area contributed by atoms with Crippen LogP contribution < -0.4 is 9.64 Å². The SMILES string of the molecule is Cc1ccc2c(c1)N(C)C(=CC=C1SC(=S)N(C)C1=O)O2. The van der Waals surface area contributed by atoms with E-state index in [9.17, 15) is 4.79 Å². The molecule has 1 amide bonds. The average Bonchev–Trinajstić information content (AvgIpc) is 2.89. The summed E-state index contributed by atoms with van der Waals surface area (Å²) in [6.07, 6.45) is 3.56. The summed E-state index contributed by atoms with van der Waals surface area (Å²) in [7, 11) is 3.62. The lowest BCUT2D eigenvalue weighted by Gasteiger charge is -2.10. The number of nitrogens with zero attached hydrogens (tertiary/aromatic N) is 2. The summed E-state index contributed by atoms with van der Waals surface area (Å²) in [5.74, 6) is 1.44. The van der Waals surface area contributed by atoms with Gasteiger partial charge in [-0.3, -0.25) is 9.69 Å². The molecule has 108 valence electrons. The van der Waals surface area contributed by atoms with E-state index >= 15 is 0 Å². The van der Waals surface area contributed by atoms with Gasteiger partial charge in [0.1, 0.15) is 4.32 Å². The van der Waals surface area contributed by atoms with E-state index in [4.69, 9.17) is 17.0 Å². The summed E-state index contributed by atoms with van der Waals surface area (Å²) in [5.41, 5.74) is 2.20. The maximum Gasteiger partial charge on any atom is 0.265 e. The Morgan fingerprint density at radius 3 is 2.67 bits per heavy atom. The number of carbonyl (C=O) groups is 1. The first-order valence-electron chi connectivity index (χ1n) is 6.41. The molecular weight excluding hydrogens is 304 g/mol. The smallest absolute Gasteiger partial charge is 0.265 e. The summed E-state index contributed by atoms with van der Waals surface area (Å²) in [4.78, 5) is 16.0. The first-order valence-corrected chi connectivity index (χ1v) is 7.64. The number of ether oxygens (including phenoxy) is 1. The molecule has 6 heteroatoms. The molecule has 0 unspecified atom stereocenters. The van der Waals surface area contributed by atoms with E-state index in [2.05, 4.69) is 6.07 Å². The number of hydrogen-bond acceptors (Lipinski definition) is 5. The molecule has 0 N–H and O–H groups in total. The minimum absolute atomic E-state index is 0.0733. The molecule has 0 saturated carbocycles. The first-order chi connectivity index (χ1) is 9.97. The van der Waals surface area contributed by atoms with Crippen LogP contribution in [0.15, 0.2) is 41.1 Å². The van der Waals surface area contributed by atoms with Crippen molar-refractivity contribution in [2.75, 3.05) is 19.0 Å². The van der Waals surface area contributed by atoms with Crippen LogP contribution in [0.25, 0.3) is 0 Å². The van der Waals surface area contributed by atoms with Crippen LogP contribution in [0, 0.1) is 6.92 Å². The number of allylic oxidation sites excluding steroid dienone is 2. The van der Waals surface area contributed by atoms with Crippen LogP contribution in [0.4, 0.5) is 5.69 Å². The molecule has 0 radical (unpaired) electrons. The highest BCUT2D eigenvalue weighted by atomic mass is 32.2. The minimum atomic E-state index is -0.0733. The van der Waals surface area contributed by atoms with Gasteiger partial charge in [0.2, 0.25) is 0 Å². The van der Waals surface area contributed by atoms with Gasteiger partial charge in [0.25, 0.3) is 5.91 Å². The van der Waals surface area contributed by atoms with Gasteiger partial charge in [0.05, 0.1) is 10.6 Å². The summed E-state index contributed by atoms with van der Waals surface area (Å²) in [6.45, 7) is 2.04. The molecule has 3 rings (SSSR count). The second kappa shape index (κ2) is 5.20. The van der Waals surface area contributed by atoms with Crippen molar-refractivity contribution in [2.45, 2.75) is 6.92 Å². The van der Waals surface area contributed by atoms with Gasteiger partial charge >= 0.3 is 0 Å². The molecule has 1 aromatic rings. The lowest BCUT2D eigenvalue weighted by atomic mass is 10.2. The number of benzene rings is 1.